The van der Waals surface area contributed by atoms with E-state index in [1.54, 1.807) is 6.20 Å². The number of para-hydroxylation sites is 1. The van der Waals surface area contributed by atoms with Crippen molar-refractivity contribution in [3.8, 4) is 16.9 Å². The fourth-order valence-corrected chi connectivity index (χ4v) is 4.75. The van der Waals surface area contributed by atoms with Crippen LogP contribution in [0.4, 0.5) is 5.69 Å². The van der Waals surface area contributed by atoms with Gasteiger partial charge in [0.1, 0.15) is 12.4 Å². The molecule has 0 saturated heterocycles. The smallest absolute Gasteiger partial charge is 0.303 e. The van der Waals surface area contributed by atoms with Gasteiger partial charge < -0.3 is 14.7 Å². The third-order valence-corrected chi connectivity index (χ3v) is 6.64. The van der Waals surface area contributed by atoms with Gasteiger partial charge in [0.15, 0.2) is 0 Å². The Morgan fingerprint density at radius 1 is 0.889 bits per heavy atom. The third-order valence-electron chi connectivity index (χ3n) is 6.64. The van der Waals surface area contributed by atoms with Gasteiger partial charge in [-0.3, -0.25) is 9.78 Å². The van der Waals surface area contributed by atoms with Crippen LogP contribution in [-0.4, -0.2) is 22.6 Å². The van der Waals surface area contributed by atoms with E-state index in [1.165, 1.54) is 22.4 Å². The number of carboxylic acids is 1. The lowest BCUT2D eigenvalue weighted by Gasteiger charge is -2.33. The van der Waals surface area contributed by atoms with Crippen molar-refractivity contribution >= 4 is 11.7 Å². The second-order valence-electron chi connectivity index (χ2n) is 9.23. The van der Waals surface area contributed by atoms with Crippen LogP contribution in [0, 0.1) is 0 Å². The molecule has 5 heteroatoms. The van der Waals surface area contributed by atoms with Crippen LogP contribution < -0.4 is 9.64 Å². The Morgan fingerprint density at radius 3 is 2.42 bits per heavy atom. The number of carboxylic acid groups (broad SMARTS) is 1. The summed E-state index contributed by atoms with van der Waals surface area (Å²) in [5.41, 5.74) is 8.18. The zero-order valence-corrected chi connectivity index (χ0v) is 20.3. The zero-order valence-electron chi connectivity index (χ0n) is 20.3. The van der Waals surface area contributed by atoms with E-state index in [1.807, 2.05) is 36.5 Å². The van der Waals surface area contributed by atoms with Crippen LogP contribution in [0.15, 0.2) is 91.3 Å². The van der Waals surface area contributed by atoms with E-state index >= 15 is 0 Å². The number of nitrogens with zero attached hydrogens (tertiary/aromatic N) is 2. The van der Waals surface area contributed by atoms with Gasteiger partial charge in [0, 0.05) is 31.9 Å². The van der Waals surface area contributed by atoms with Gasteiger partial charge in [-0.1, -0.05) is 66.7 Å². The van der Waals surface area contributed by atoms with E-state index in [-0.39, 0.29) is 6.42 Å². The minimum absolute atomic E-state index is 0.147. The van der Waals surface area contributed by atoms with Crippen molar-refractivity contribution in [1.82, 2.24) is 4.98 Å². The number of benzene rings is 3. The van der Waals surface area contributed by atoms with Crippen molar-refractivity contribution in [2.75, 3.05) is 11.4 Å². The van der Waals surface area contributed by atoms with E-state index in [2.05, 4.69) is 58.4 Å². The lowest BCUT2D eigenvalue weighted by molar-refractivity contribution is -0.136. The highest BCUT2D eigenvalue weighted by atomic mass is 16.5. The van der Waals surface area contributed by atoms with Crippen molar-refractivity contribution in [2.24, 2.45) is 0 Å². The molecular weight excluding hydrogens is 448 g/mol. The molecule has 1 N–H and O–H groups in total. The number of ether oxygens (including phenoxy) is 1. The average molecular weight is 479 g/mol. The van der Waals surface area contributed by atoms with Crippen molar-refractivity contribution in [1.29, 1.82) is 0 Å². The number of aryl methyl sites for hydroxylation is 2. The second kappa shape index (κ2) is 11.1. The summed E-state index contributed by atoms with van der Waals surface area (Å²) in [7, 11) is 0. The molecule has 1 aliphatic heterocycles. The number of pyridine rings is 1. The summed E-state index contributed by atoms with van der Waals surface area (Å²) in [6, 6.07) is 27.1. The van der Waals surface area contributed by atoms with E-state index in [9.17, 15) is 4.79 Å². The minimum atomic E-state index is -0.773. The molecule has 0 aliphatic carbocycles. The molecule has 3 aromatic carbocycles. The summed E-state index contributed by atoms with van der Waals surface area (Å²) in [5, 5.41) is 8.88. The predicted octanol–water partition coefficient (Wildman–Crippen LogP) is 6.30. The summed E-state index contributed by atoms with van der Waals surface area (Å²) in [6.07, 6.45) is 6.56. The molecule has 2 heterocycles. The van der Waals surface area contributed by atoms with Gasteiger partial charge in [0.2, 0.25) is 0 Å². The van der Waals surface area contributed by atoms with E-state index in [0.29, 0.717) is 13.0 Å². The first-order valence-electron chi connectivity index (χ1n) is 12.4. The maximum atomic E-state index is 10.8. The number of hydrogen-bond acceptors (Lipinski definition) is 4. The van der Waals surface area contributed by atoms with Gasteiger partial charge in [-0.15, -0.1) is 0 Å². The molecule has 0 saturated carbocycles. The summed E-state index contributed by atoms with van der Waals surface area (Å²) >= 11 is 0. The van der Waals surface area contributed by atoms with Gasteiger partial charge in [-0.05, 0) is 64.8 Å². The van der Waals surface area contributed by atoms with Crippen LogP contribution in [-0.2, 0) is 30.8 Å². The quantitative estimate of drug-likeness (QED) is 0.306. The number of carbonyl (C=O) groups is 1. The molecule has 1 aromatic heterocycles. The molecule has 0 bridgehead atoms. The summed E-state index contributed by atoms with van der Waals surface area (Å²) in [6.45, 7) is 2.30. The molecule has 0 radical (unpaired) electrons. The van der Waals surface area contributed by atoms with Crippen molar-refractivity contribution in [3.63, 3.8) is 0 Å². The molecule has 36 heavy (non-hydrogen) atoms. The molecule has 0 unspecified atom stereocenters. The van der Waals surface area contributed by atoms with Gasteiger partial charge in [-0.2, -0.15) is 0 Å². The van der Waals surface area contributed by atoms with Crippen LogP contribution in [0.5, 0.6) is 5.75 Å². The topological polar surface area (TPSA) is 62.7 Å². The molecular formula is C31H30N2O3. The number of anilines is 1. The number of hydrogen-bond donors (Lipinski definition) is 1. The number of aliphatic carboxylic acids is 1. The summed E-state index contributed by atoms with van der Waals surface area (Å²) in [5.74, 6) is 0.138. The maximum absolute atomic E-state index is 10.8. The predicted molar refractivity (Wildman–Crippen MR) is 142 cm³/mol. The lowest BCUT2D eigenvalue weighted by Crippen LogP contribution is -2.29. The molecule has 182 valence electrons. The Morgan fingerprint density at radius 2 is 1.67 bits per heavy atom. The molecule has 5 nitrogen and oxygen atoms in total. The normalized spacial score (nSPS) is 12.7. The first kappa shape index (κ1) is 23.6. The Balaban J connectivity index is 1.28. The van der Waals surface area contributed by atoms with Crippen molar-refractivity contribution in [2.45, 2.75) is 38.8 Å². The van der Waals surface area contributed by atoms with E-state index < -0.39 is 5.97 Å². The summed E-state index contributed by atoms with van der Waals surface area (Å²) < 4.78 is 6.33. The fraction of sp³-hybridized carbons (Fsp3) is 0.226. The second-order valence-corrected chi connectivity index (χ2v) is 9.23. The Labute approximate surface area is 212 Å². The fourth-order valence-electron chi connectivity index (χ4n) is 4.75. The molecule has 0 atom stereocenters. The monoisotopic (exact) mass is 478 g/mol. The highest BCUT2D eigenvalue weighted by molar-refractivity contribution is 5.67. The van der Waals surface area contributed by atoms with E-state index in [0.717, 1.165) is 48.4 Å². The average Bonchev–Trinajstić information content (AvgIpc) is 2.92. The van der Waals surface area contributed by atoms with Crippen LogP contribution in [0.25, 0.3) is 11.1 Å². The van der Waals surface area contributed by atoms with Gasteiger partial charge in [0.05, 0.1) is 5.69 Å². The SMILES string of the molecule is O=C(O)CCc1ccc(COc2cccc3c2N(Cc2ccc(-c4cccnc4)cc2)CCC3)cc1. The van der Waals surface area contributed by atoms with Crippen LogP contribution in [0.1, 0.15) is 35.1 Å². The van der Waals surface area contributed by atoms with Crippen LogP contribution in [0.3, 0.4) is 0 Å². The van der Waals surface area contributed by atoms with Gasteiger partial charge >= 0.3 is 5.97 Å². The van der Waals surface area contributed by atoms with Crippen LogP contribution >= 0.6 is 0 Å². The largest absolute Gasteiger partial charge is 0.487 e. The number of fused-ring (bicyclic) bond motifs is 1. The highest BCUT2D eigenvalue weighted by Crippen LogP contribution is 2.37. The first-order valence-corrected chi connectivity index (χ1v) is 12.4. The molecule has 0 amide bonds. The highest BCUT2D eigenvalue weighted by Gasteiger charge is 2.21. The molecule has 1 aliphatic rings. The number of aromatic nitrogens is 1. The zero-order chi connectivity index (χ0) is 24.7. The minimum Gasteiger partial charge on any atom is -0.487 e. The molecule has 0 fully saturated rings. The Bertz CT molecular complexity index is 1300. The standard InChI is InChI=1S/C31H30N2O3/c34-30(35)17-14-23-8-10-25(11-9-23)22-36-29-7-1-4-27-6-3-19-33(31(27)29)21-24-12-15-26(16-13-24)28-5-2-18-32-20-28/h1-2,4-5,7-13,15-16,18,20H,3,6,14,17,19,21-22H2,(H,34,35). The molecule has 4 aromatic rings. The maximum Gasteiger partial charge on any atom is 0.303 e. The van der Waals surface area contributed by atoms with Gasteiger partial charge in [-0.25, -0.2) is 0 Å². The Kier molecular flexibility index (Phi) is 7.27. The van der Waals surface area contributed by atoms with Crippen molar-refractivity contribution in [3.05, 3.63) is 114 Å². The first-order chi connectivity index (χ1) is 17.7. The Hall–Kier alpha value is -4.12. The van der Waals surface area contributed by atoms with E-state index in [4.69, 9.17) is 9.84 Å². The number of rotatable bonds is 9. The lowest BCUT2D eigenvalue weighted by atomic mass is 9.99. The van der Waals surface area contributed by atoms with Crippen LogP contribution in [0.2, 0.25) is 0 Å². The molecule has 0 spiro atoms. The van der Waals surface area contributed by atoms with Gasteiger partial charge in [0.25, 0.3) is 0 Å². The molecule has 5 rings (SSSR count). The third kappa shape index (κ3) is 5.74. The summed E-state index contributed by atoms with van der Waals surface area (Å²) in [4.78, 5) is 17.5. The van der Waals surface area contributed by atoms with Crippen molar-refractivity contribution < 1.29 is 14.6 Å².